The Hall–Kier alpha value is -2.89. The number of carbonyl (C=O) groups excluding carboxylic acids is 2. The van der Waals surface area contributed by atoms with Gasteiger partial charge in [-0.2, -0.15) is 0 Å². The van der Waals surface area contributed by atoms with Gasteiger partial charge in [0.2, 0.25) is 5.91 Å². The van der Waals surface area contributed by atoms with Crippen molar-refractivity contribution in [1.29, 1.82) is 0 Å². The number of ether oxygens (including phenoxy) is 1. The Bertz CT molecular complexity index is 792. The molecule has 1 saturated heterocycles. The van der Waals surface area contributed by atoms with Gasteiger partial charge in [-0.3, -0.25) is 9.59 Å². The maximum Gasteiger partial charge on any atom is 0.251 e. The van der Waals surface area contributed by atoms with Crippen molar-refractivity contribution in [2.24, 2.45) is 5.92 Å². The van der Waals surface area contributed by atoms with Crippen LogP contribution in [-0.2, 0) is 4.79 Å². The molecule has 0 aliphatic carbocycles. The first-order valence-corrected chi connectivity index (χ1v) is 8.64. The average Bonchev–Trinajstić information content (AvgIpc) is 3.01. The molecule has 0 radical (unpaired) electrons. The van der Waals surface area contributed by atoms with Crippen molar-refractivity contribution in [3.8, 4) is 5.75 Å². The normalized spacial score (nSPS) is 16.6. The molecular formula is C20H21FN2O3. The number of benzene rings is 2. The molecule has 3 rings (SSSR count). The predicted molar refractivity (Wildman–Crippen MR) is 96.8 cm³/mol. The van der Waals surface area contributed by atoms with Gasteiger partial charge in [-0.1, -0.05) is 6.07 Å². The number of hydrogen-bond acceptors (Lipinski definition) is 3. The third-order valence-corrected chi connectivity index (χ3v) is 4.30. The fourth-order valence-electron chi connectivity index (χ4n) is 3.03. The van der Waals surface area contributed by atoms with Gasteiger partial charge in [0.15, 0.2) is 0 Å². The molecule has 0 saturated carbocycles. The van der Waals surface area contributed by atoms with E-state index < -0.39 is 5.82 Å². The lowest BCUT2D eigenvalue weighted by Crippen LogP contribution is -2.31. The second kappa shape index (κ2) is 7.99. The van der Waals surface area contributed by atoms with E-state index in [4.69, 9.17) is 4.74 Å². The van der Waals surface area contributed by atoms with Gasteiger partial charge in [0.1, 0.15) is 11.6 Å². The molecule has 1 aliphatic rings. The summed E-state index contributed by atoms with van der Waals surface area (Å²) in [5.41, 5.74) is 1.09. The zero-order valence-corrected chi connectivity index (χ0v) is 14.6. The molecule has 1 unspecified atom stereocenters. The molecule has 0 spiro atoms. The molecule has 2 aromatic rings. The third-order valence-electron chi connectivity index (χ3n) is 4.30. The van der Waals surface area contributed by atoms with Crippen LogP contribution in [0.4, 0.5) is 10.1 Å². The van der Waals surface area contributed by atoms with E-state index in [-0.39, 0.29) is 23.3 Å². The van der Waals surface area contributed by atoms with Crippen molar-refractivity contribution in [3.63, 3.8) is 0 Å². The number of rotatable bonds is 6. The number of carbonyl (C=O) groups is 2. The van der Waals surface area contributed by atoms with Crippen molar-refractivity contribution < 1.29 is 18.7 Å². The van der Waals surface area contributed by atoms with Crippen LogP contribution in [0.5, 0.6) is 5.75 Å². The molecule has 0 bridgehead atoms. The molecule has 2 amide bonds. The van der Waals surface area contributed by atoms with Gasteiger partial charge in [-0.05, 0) is 49.4 Å². The summed E-state index contributed by atoms with van der Waals surface area (Å²) >= 11 is 0. The SMILES string of the molecule is CCOc1ccc(N2CC(CNC(=O)c3cccc(F)c3)CC2=O)cc1. The maximum atomic E-state index is 13.2. The van der Waals surface area contributed by atoms with E-state index in [1.54, 1.807) is 11.0 Å². The van der Waals surface area contributed by atoms with Crippen LogP contribution in [0, 0.1) is 11.7 Å². The Morgan fingerprint density at radius 1 is 1.27 bits per heavy atom. The Labute approximate surface area is 151 Å². The fraction of sp³-hybridized carbons (Fsp3) is 0.300. The molecule has 0 aromatic heterocycles. The third kappa shape index (κ3) is 4.20. The Morgan fingerprint density at radius 3 is 2.73 bits per heavy atom. The summed E-state index contributed by atoms with van der Waals surface area (Å²) in [7, 11) is 0. The minimum absolute atomic E-state index is 0.0200. The average molecular weight is 356 g/mol. The minimum Gasteiger partial charge on any atom is -0.494 e. The molecule has 1 fully saturated rings. The number of amides is 2. The van der Waals surface area contributed by atoms with Crippen LogP contribution < -0.4 is 15.0 Å². The molecular weight excluding hydrogens is 335 g/mol. The maximum absolute atomic E-state index is 13.2. The van der Waals surface area contributed by atoms with Crippen molar-refractivity contribution in [1.82, 2.24) is 5.32 Å². The second-order valence-corrected chi connectivity index (χ2v) is 6.22. The molecule has 1 atom stereocenters. The monoisotopic (exact) mass is 356 g/mol. The van der Waals surface area contributed by atoms with Crippen LogP contribution in [0.25, 0.3) is 0 Å². The van der Waals surface area contributed by atoms with Gasteiger partial charge in [-0.25, -0.2) is 4.39 Å². The summed E-state index contributed by atoms with van der Waals surface area (Å²) in [5, 5.41) is 2.78. The Balaban J connectivity index is 1.56. The van der Waals surface area contributed by atoms with Gasteiger partial charge in [0, 0.05) is 36.7 Å². The number of nitrogens with zero attached hydrogens (tertiary/aromatic N) is 1. The smallest absolute Gasteiger partial charge is 0.251 e. The first-order valence-electron chi connectivity index (χ1n) is 8.64. The lowest BCUT2D eigenvalue weighted by molar-refractivity contribution is -0.117. The molecule has 136 valence electrons. The number of anilines is 1. The van der Waals surface area contributed by atoms with Gasteiger partial charge in [-0.15, -0.1) is 0 Å². The van der Waals surface area contributed by atoms with E-state index in [9.17, 15) is 14.0 Å². The molecule has 1 aliphatic heterocycles. The van der Waals surface area contributed by atoms with Gasteiger partial charge in [0.05, 0.1) is 6.61 Å². The summed E-state index contributed by atoms with van der Waals surface area (Å²) in [6.07, 6.45) is 0.372. The van der Waals surface area contributed by atoms with E-state index in [2.05, 4.69) is 5.32 Å². The fourth-order valence-corrected chi connectivity index (χ4v) is 3.03. The number of hydrogen-bond donors (Lipinski definition) is 1. The van der Waals surface area contributed by atoms with Crippen molar-refractivity contribution in [2.75, 3.05) is 24.6 Å². The standard InChI is InChI=1S/C20H21FN2O3/c1-2-26-18-8-6-17(7-9-18)23-13-14(10-19(23)24)12-22-20(25)15-4-3-5-16(21)11-15/h3-9,11,14H,2,10,12-13H2,1H3,(H,22,25). The van der Waals surface area contributed by atoms with E-state index in [0.717, 1.165) is 11.4 Å². The highest BCUT2D eigenvalue weighted by atomic mass is 19.1. The second-order valence-electron chi connectivity index (χ2n) is 6.22. The van der Waals surface area contributed by atoms with Crippen LogP contribution >= 0.6 is 0 Å². The lowest BCUT2D eigenvalue weighted by atomic mass is 10.1. The minimum atomic E-state index is -0.449. The highest BCUT2D eigenvalue weighted by Crippen LogP contribution is 2.26. The summed E-state index contributed by atoms with van der Waals surface area (Å²) in [4.78, 5) is 26.1. The predicted octanol–water partition coefficient (Wildman–Crippen LogP) is 3.01. The molecule has 6 heteroatoms. The van der Waals surface area contributed by atoms with Gasteiger partial charge >= 0.3 is 0 Å². The Kier molecular flexibility index (Phi) is 5.51. The number of nitrogens with one attached hydrogen (secondary N) is 1. The van der Waals surface area contributed by atoms with E-state index in [1.165, 1.54) is 18.2 Å². The highest BCUT2D eigenvalue weighted by Gasteiger charge is 2.30. The quantitative estimate of drug-likeness (QED) is 0.866. The van der Waals surface area contributed by atoms with E-state index >= 15 is 0 Å². The molecule has 26 heavy (non-hydrogen) atoms. The van der Waals surface area contributed by atoms with Crippen LogP contribution in [0.1, 0.15) is 23.7 Å². The first kappa shape index (κ1) is 17.9. The van der Waals surface area contributed by atoms with E-state index in [0.29, 0.717) is 26.1 Å². The topological polar surface area (TPSA) is 58.6 Å². The largest absolute Gasteiger partial charge is 0.494 e. The van der Waals surface area contributed by atoms with E-state index in [1.807, 2.05) is 31.2 Å². The lowest BCUT2D eigenvalue weighted by Gasteiger charge is -2.17. The molecule has 1 N–H and O–H groups in total. The zero-order chi connectivity index (χ0) is 18.5. The van der Waals surface area contributed by atoms with Crippen molar-refractivity contribution in [2.45, 2.75) is 13.3 Å². The molecule has 1 heterocycles. The van der Waals surface area contributed by atoms with Crippen molar-refractivity contribution in [3.05, 3.63) is 59.9 Å². The Morgan fingerprint density at radius 2 is 2.04 bits per heavy atom. The summed E-state index contributed by atoms with van der Waals surface area (Å²) in [6, 6.07) is 12.9. The number of halogens is 1. The molecule has 2 aromatic carbocycles. The first-order chi connectivity index (χ1) is 12.6. The zero-order valence-electron chi connectivity index (χ0n) is 14.6. The highest BCUT2D eigenvalue weighted by molar-refractivity contribution is 5.96. The van der Waals surface area contributed by atoms with Crippen LogP contribution in [0.15, 0.2) is 48.5 Å². The van der Waals surface area contributed by atoms with Crippen molar-refractivity contribution >= 4 is 17.5 Å². The molecule has 5 nitrogen and oxygen atoms in total. The van der Waals surface area contributed by atoms with Crippen LogP contribution in [0.2, 0.25) is 0 Å². The summed E-state index contributed by atoms with van der Waals surface area (Å²) in [5.74, 6) is 0.0272. The summed E-state index contributed by atoms with van der Waals surface area (Å²) < 4.78 is 18.6. The van der Waals surface area contributed by atoms with Crippen LogP contribution in [-0.4, -0.2) is 31.5 Å². The van der Waals surface area contributed by atoms with Gasteiger partial charge < -0.3 is 15.0 Å². The van der Waals surface area contributed by atoms with Crippen LogP contribution in [0.3, 0.4) is 0 Å². The van der Waals surface area contributed by atoms with Gasteiger partial charge in [0.25, 0.3) is 5.91 Å². The summed E-state index contributed by atoms with van der Waals surface area (Å²) in [6.45, 7) is 3.42.